The molecule has 2 aromatic heterocycles. The van der Waals surface area contributed by atoms with Gasteiger partial charge in [-0.05, 0) is 33.3 Å². The Morgan fingerprint density at radius 3 is 2.74 bits per heavy atom. The van der Waals surface area contributed by atoms with Crippen molar-refractivity contribution in [2.24, 2.45) is 0 Å². The van der Waals surface area contributed by atoms with Crippen molar-refractivity contribution in [3.8, 4) is 5.75 Å². The number of hydrogen-bond donors (Lipinski definition) is 2. The predicted molar refractivity (Wildman–Crippen MR) is 87.2 cm³/mol. The zero-order valence-corrected chi connectivity index (χ0v) is 14.0. The van der Waals surface area contributed by atoms with Gasteiger partial charge in [0.1, 0.15) is 5.75 Å². The van der Waals surface area contributed by atoms with E-state index in [0.29, 0.717) is 23.8 Å². The van der Waals surface area contributed by atoms with Gasteiger partial charge in [0, 0.05) is 42.7 Å². The highest BCUT2D eigenvalue weighted by Crippen LogP contribution is 2.29. The van der Waals surface area contributed by atoms with E-state index in [4.69, 9.17) is 0 Å². The molecule has 1 unspecified atom stereocenters. The molecule has 6 heteroatoms. The molecular formula is C17H24N4O2. The summed E-state index contributed by atoms with van der Waals surface area (Å²) in [6.07, 6.45) is 2.69. The van der Waals surface area contributed by atoms with E-state index in [2.05, 4.69) is 32.7 Å². The Morgan fingerprint density at radius 2 is 2.09 bits per heavy atom. The maximum atomic E-state index is 10.3. The van der Waals surface area contributed by atoms with Gasteiger partial charge in [-0.2, -0.15) is 5.10 Å². The second-order valence-electron chi connectivity index (χ2n) is 6.40. The predicted octanol–water partition coefficient (Wildman–Crippen LogP) is 1.85. The van der Waals surface area contributed by atoms with E-state index in [9.17, 15) is 10.2 Å². The van der Waals surface area contributed by atoms with Gasteiger partial charge >= 0.3 is 0 Å². The molecule has 1 aliphatic rings. The third kappa shape index (κ3) is 3.09. The molecule has 23 heavy (non-hydrogen) atoms. The first-order valence-corrected chi connectivity index (χ1v) is 8.02. The monoisotopic (exact) mass is 316 g/mol. The molecule has 0 spiro atoms. The molecule has 6 nitrogen and oxygen atoms in total. The van der Waals surface area contributed by atoms with E-state index in [1.165, 1.54) is 5.69 Å². The minimum absolute atomic E-state index is 0.106. The molecule has 0 aliphatic carbocycles. The average molecular weight is 316 g/mol. The lowest BCUT2D eigenvalue weighted by Gasteiger charge is -2.20. The number of aliphatic hydroxyl groups excluding tert-OH is 1. The number of aliphatic hydroxyl groups is 1. The van der Waals surface area contributed by atoms with Gasteiger partial charge < -0.3 is 10.2 Å². The summed E-state index contributed by atoms with van der Waals surface area (Å²) < 4.78 is 2.11. The van der Waals surface area contributed by atoms with Crippen molar-refractivity contribution in [3.63, 3.8) is 0 Å². The summed E-state index contributed by atoms with van der Waals surface area (Å²) in [6.45, 7) is 8.25. The van der Waals surface area contributed by atoms with E-state index >= 15 is 0 Å². The lowest BCUT2D eigenvalue weighted by molar-refractivity contribution is 0.269. The topological polar surface area (TPSA) is 74.4 Å². The smallest absolute Gasteiger partial charge is 0.141 e. The molecule has 1 aliphatic heterocycles. The number of likely N-dealkylation sites (tertiary alicyclic amines) is 1. The molecule has 0 aromatic carbocycles. The number of aryl methyl sites for hydroxylation is 3. The Bertz CT molecular complexity index is 711. The Labute approximate surface area is 136 Å². The van der Waals surface area contributed by atoms with Gasteiger partial charge in [0.15, 0.2) is 0 Å². The van der Waals surface area contributed by atoms with Gasteiger partial charge in [-0.3, -0.25) is 14.6 Å². The number of hydrogen-bond acceptors (Lipinski definition) is 5. The zero-order valence-electron chi connectivity index (χ0n) is 14.0. The lowest BCUT2D eigenvalue weighted by Crippen LogP contribution is -2.23. The Balaban J connectivity index is 1.76. The van der Waals surface area contributed by atoms with Crippen molar-refractivity contribution in [3.05, 3.63) is 40.5 Å². The van der Waals surface area contributed by atoms with E-state index in [0.717, 1.165) is 30.8 Å². The maximum absolute atomic E-state index is 10.3. The normalized spacial score (nSPS) is 18.7. The van der Waals surface area contributed by atoms with Crippen molar-refractivity contribution < 1.29 is 10.2 Å². The summed E-state index contributed by atoms with van der Waals surface area (Å²) in [4.78, 5) is 6.42. The highest BCUT2D eigenvalue weighted by molar-refractivity contribution is 5.40. The van der Waals surface area contributed by atoms with Crippen LogP contribution in [0.1, 0.15) is 40.7 Å². The van der Waals surface area contributed by atoms with Crippen molar-refractivity contribution >= 4 is 0 Å². The fourth-order valence-corrected chi connectivity index (χ4v) is 3.39. The van der Waals surface area contributed by atoms with Crippen molar-refractivity contribution in [2.75, 3.05) is 13.1 Å². The molecule has 1 fully saturated rings. The summed E-state index contributed by atoms with van der Waals surface area (Å²) in [5.74, 6) is 0.200. The number of rotatable bonds is 4. The molecule has 0 bridgehead atoms. The first-order chi connectivity index (χ1) is 11.0. The fraction of sp³-hybridized carbons (Fsp3) is 0.529. The van der Waals surface area contributed by atoms with Crippen LogP contribution in [0.2, 0.25) is 0 Å². The number of aromatic nitrogens is 3. The van der Waals surface area contributed by atoms with Gasteiger partial charge in [0.2, 0.25) is 0 Å². The van der Waals surface area contributed by atoms with E-state index in [1.54, 1.807) is 13.1 Å². The molecule has 3 rings (SSSR count). The third-order valence-corrected chi connectivity index (χ3v) is 4.62. The second-order valence-corrected chi connectivity index (χ2v) is 6.40. The minimum atomic E-state index is -0.106. The van der Waals surface area contributed by atoms with Crippen LogP contribution >= 0.6 is 0 Å². The molecular weight excluding hydrogens is 292 g/mol. The molecule has 3 heterocycles. The zero-order chi connectivity index (χ0) is 16.6. The van der Waals surface area contributed by atoms with Crippen LogP contribution in [0, 0.1) is 20.8 Å². The summed E-state index contributed by atoms with van der Waals surface area (Å²) >= 11 is 0. The Hall–Kier alpha value is -1.92. The highest BCUT2D eigenvalue weighted by atomic mass is 16.3. The van der Waals surface area contributed by atoms with Crippen molar-refractivity contribution in [1.29, 1.82) is 0 Å². The lowest BCUT2D eigenvalue weighted by atomic mass is 10.1. The largest absolute Gasteiger partial charge is 0.506 e. The number of nitrogens with zero attached hydrogens (tertiary/aromatic N) is 4. The molecule has 2 aromatic rings. The SMILES string of the molecule is Cc1cc(C)n(C2CCN(Cc3c(CO)cnc(C)c3O)C2)n1. The van der Waals surface area contributed by atoms with Gasteiger partial charge in [0.05, 0.1) is 24.0 Å². The molecule has 0 amide bonds. The van der Waals surface area contributed by atoms with Crippen LogP contribution in [0.3, 0.4) is 0 Å². The first-order valence-electron chi connectivity index (χ1n) is 8.02. The van der Waals surface area contributed by atoms with E-state index in [-0.39, 0.29) is 12.4 Å². The molecule has 124 valence electrons. The van der Waals surface area contributed by atoms with Gasteiger partial charge in [-0.1, -0.05) is 0 Å². The molecule has 2 N–H and O–H groups in total. The van der Waals surface area contributed by atoms with Crippen LogP contribution in [0.4, 0.5) is 0 Å². The summed E-state index contributed by atoms with van der Waals surface area (Å²) in [7, 11) is 0. The molecule has 0 saturated carbocycles. The van der Waals surface area contributed by atoms with Gasteiger partial charge in [-0.15, -0.1) is 0 Å². The van der Waals surface area contributed by atoms with Crippen LogP contribution in [-0.4, -0.2) is 43.0 Å². The Morgan fingerprint density at radius 1 is 1.30 bits per heavy atom. The summed E-state index contributed by atoms with van der Waals surface area (Å²) in [5, 5.41) is 24.4. The molecule has 1 saturated heterocycles. The quantitative estimate of drug-likeness (QED) is 0.900. The standard InChI is InChI=1S/C17H24N4O2/c1-11-6-12(2)21(19-11)15-4-5-20(8-15)9-16-14(10-22)7-18-13(3)17(16)23/h6-7,15,22-23H,4-5,8-10H2,1-3H3. The second kappa shape index (κ2) is 6.29. The van der Waals surface area contributed by atoms with Crippen molar-refractivity contribution in [1.82, 2.24) is 19.7 Å². The van der Waals surface area contributed by atoms with Crippen LogP contribution in [0.25, 0.3) is 0 Å². The highest BCUT2D eigenvalue weighted by Gasteiger charge is 2.27. The average Bonchev–Trinajstić information content (AvgIpc) is 3.10. The molecule has 0 radical (unpaired) electrons. The van der Waals surface area contributed by atoms with Gasteiger partial charge in [-0.25, -0.2) is 0 Å². The Kier molecular flexibility index (Phi) is 4.37. The minimum Gasteiger partial charge on any atom is -0.506 e. The summed E-state index contributed by atoms with van der Waals surface area (Å²) in [6, 6.07) is 2.47. The van der Waals surface area contributed by atoms with Crippen LogP contribution in [0.15, 0.2) is 12.3 Å². The van der Waals surface area contributed by atoms with E-state index < -0.39 is 0 Å². The van der Waals surface area contributed by atoms with Gasteiger partial charge in [0.25, 0.3) is 0 Å². The van der Waals surface area contributed by atoms with Crippen LogP contribution < -0.4 is 0 Å². The first kappa shape index (κ1) is 16.0. The number of aromatic hydroxyl groups is 1. The fourth-order valence-electron chi connectivity index (χ4n) is 3.39. The van der Waals surface area contributed by atoms with Crippen LogP contribution in [-0.2, 0) is 13.2 Å². The third-order valence-electron chi connectivity index (χ3n) is 4.62. The molecule has 1 atom stereocenters. The number of pyridine rings is 1. The summed E-state index contributed by atoms with van der Waals surface area (Å²) in [5.41, 5.74) is 4.32. The van der Waals surface area contributed by atoms with Crippen molar-refractivity contribution in [2.45, 2.75) is 46.4 Å². The van der Waals surface area contributed by atoms with Crippen LogP contribution in [0.5, 0.6) is 5.75 Å². The van der Waals surface area contributed by atoms with E-state index in [1.807, 2.05) is 6.92 Å². The maximum Gasteiger partial charge on any atom is 0.141 e.